The summed E-state index contributed by atoms with van der Waals surface area (Å²) in [7, 11) is 0. The molecule has 0 unspecified atom stereocenters. The van der Waals surface area contributed by atoms with Crippen LogP contribution < -0.4 is 0 Å². The van der Waals surface area contributed by atoms with E-state index in [1.54, 1.807) is 18.6 Å². The van der Waals surface area contributed by atoms with Crippen molar-refractivity contribution in [2.45, 2.75) is 0 Å². The molecule has 4 nitrogen and oxygen atoms in total. The molecule has 0 aliphatic carbocycles. The van der Waals surface area contributed by atoms with Gasteiger partial charge in [0.25, 0.3) is 0 Å². The molecular formula is C22H14N4. The van der Waals surface area contributed by atoms with Gasteiger partial charge in [0.2, 0.25) is 0 Å². The first-order valence-electron chi connectivity index (χ1n) is 8.40. The summed E-state index contributed by atoms with van der Waals surface area (Å²) in [4.78, 5) is 18.3. The zero-order valence-corrected chi connectivity index (χ0v) is 13.9. The molecule has 0 radical (unpaired) electrons. The van der Waals surface area contributed by atoms with Crippen LogP contribution in [0.1, 0.15) is 0 Å². The molecule has 3 aromatic heterocycles. The molecule has 4 heteroatoms. The minimum atomic E-state index is 0.793. The van der Waals surface area contributed by atoms with Crippen molar-refractivity contribution in [3.05, 3.63) is 85.5 Å². The smallest absolute Gasteiger partial charge is 0.0987 e. The summed E-state index contributed by atoms with van der Waals surface area (Å²) in [5.41, 5.74) is 4.34. The predicted octanol–water partition coefficient (Wildman–Crippen LogP) is 4.91. The normalized spacial score (nSPS) is 11.1. The lowest BCUT2D eigenvalue weighted by Crippen LogP contribution is -1.96. The molecule has 0 saturated heterocycles. The first-order valence-corrected chi connectivity index (χ1v) is 8.40. The van der Waals surface area contributed by atoms with Gasteiger partial charge in [-0.1, -0.05) is 48.5 Å². The number of hydrogen-bond acceptors (Lipinski definition) is 4. The molecule has 0 fully saturated rings. The van der Waals surface area contributed by atoms with E-state index in [9.17, 15) is 0 Å². The van der Waals surface area contributed by atoms with Crippen molar-refractivity contribution in [2.24, 2.45) is 0 Å². The maximum absolute atomic E-state index is 4.83. The van der Waals surface area contributed by atoms with Crippen molar-refractivity contribution >= 4 is 21.7 Å². The Bertz CT molecular complexity index is 1230. The third-order valence-electron chi connectivity index (χ3n) is 4.46. The van der Waals surface area contributed by atoms with Crippen LogP contribution in [0.4, 0.5) is 0 Å². The van der Waals surface area contributed by atoms with Crippen LogP contribution >= 0.6 is 0 Å². The molecule has 0 atom stereocenters. The summed E-state index contributed by atoms with van der Waals surface area (Å²) in [6.45, 7) is 0. The summed E-state index contributed by atoms with van der Waals surface area (Å²) in [5, 5.41) is 3.27. The van der Waals surface area contributed by atoms with Gasteiger partial charge in [0.1, 0.15) is 0 Å². The minimum Gasteiger partial charge on any atom is -0.261 e. The maximum atomic E-state index is 4.83. The largest absolute Gasteiger partial charge is 0.261 e. The Morgan fingerprint density at radius 2 is 1.46 bits per heavy atom. The minimum absolute atomic E-state index is 0.793. The fourth-order valence-electron chi connectivity index (χ4n) is 3.24. The van der Waals surface area contributed by atoms with Crippen molar-refractivity contribution in [3.8, 4) is 22.6 Å². The highest BCUT2D eigenvalue weighted by molar-refractivity contribution is 6.01. The van der Waals surface area contributed by atoms with Crippen LogP contribution in [0.15, 0.2) is 85.5 Å². The lowest BCUT2D eigenvalue weighted by atomic mass is 9.99. The molecule has 3 heterocycles. The SMILES string of the molecule is c1ccc2nc(-c3ncc4ccccc4c3-c3cnccn3)ccc2c1. The molecule has 0 aliphatic rings. The van der Waals surface area contributed by atoms with Crippen molar-refractivity contribution in [1.82, 2.24) is 19.9 Å². The summed E-state index contributed by atoms with van der Waals surface area (Å²) in [6.07, 6.45) is 7.04. The van der Waals surface area contributed by atoms with Crippen LogP contribution in [-0.4, -0.2) is 19.9 Å². The molecule has 0 bridgehead atoms. The maximum Gasteiger partial charge on any atom is 0.0987 e. The van der Waals surface area contributed by atoms with Gasteiger partial charge in [0.15, 0.2) is 0 Å². The average Bonchev–Trinajstić information content (AvgIpc) is 2.73. The van der Waals surface area contributed by atoms with Crippen LogP contribution in [0.2, 0.25) is 0 Å². The monoisotopic (exact) mass is 334 g/mol. The second kappa shape index (κ2) is 6.01. The van der Waals surface area contributed by atoms with E-state index < -0.39 is 0 Å². The molecule has 0 spiro atoms. The van der Waals surface area contributed by atoms with Gasteiger partial charge in [0, 0.05) is 34.9 Å². The molecule has 0 N–H and O–H groups in total. The van der Waals surface area contributed by atoms with Gasteiger partial charge in [-0.3, -0.25) is 15.0 Å². The number of aromatic nitrogens is 4. The number of pyridine rings is 2. The summed E-state index contributed by atoms with van der Waals surface area (Å²) >= 11 is 0. The van der Waals surface area contributed by atoms with E-state index in [2.05, 4.69) is 34.2 Å². The Morgan fingerprint density at radius 3 is 2.35 bits per heavy atom. The van der Waals surface area contributed by atoms with E-state index in [1.165, 1.54) is 0 Å². The first-order chi connectivity index (χ1) is 12.9. The second-order valence-electron chi connectivity index (χ2n) is 6.05. The number of hydrogen-bond donors (Lipinski definition) is 0. The van der Waals surface area contributed by atoms with Gasteiger partial charge >= 0.3 is 0 Å². The number of fused-ring (bicyclic) bond motifs is 2. The van der Waals surface area contributed by atoms with E-state index >= 15 is 0 Å². The molecule has 5 rings (SSSR count). The van der Waals surface area contributed by atoms with Gasteiger partial charge in [-0.25, -0.2) is 4.98 Å². The van der Waals surface area contributed by atoms with E-state index in [1.807, 2.05) is 42.6 Å². The third kappa shape index (κ3) is 2.40. The van der Waals surface area contributed by atoms with Gasteiger partial charge < -0.3 is 0 Å². The second-order valence-corrected chi connectivity index (χ2v) is 6.05. The zero-order chi connectivity index (χ0) is 17.3. The summed E-state index contributed by atoms with van der Waals surface area (Å²) < 4.78 is 0. The molecule has 0 saturated carbocycles. The molecule has 2 aromatic carbocycles. The Balaban J connectivity index is 1.84. The molecule has 5 aromatic rings. The quantitative estimate of drug-likeness (QED) is 0.460. The first kappa shape index (κ1) is 14.7. The predicted molar refractivity (Wildman–Crippen MR) is 104 cm³/mol. The Kier molecular flexibility index (Phi) is 3.39. The highest BCUT2D eigenvalue weighted by Crippen LogP contribution is 2.34. The molecular weight excluding hydrogens is 320 g/mol. The van der Waals surface area contributed by atoms with E-state index in [0.717, 1.165) is 44.3 Å². The lowest BCUT2D eigenvalue weighted by molar-refractivity contribution is 1.20. The topological polar surface area (TPSA) is 51.6 Å². The van der Waals surface area contributed by atoms with Crippen molar-refractivity contribution in [3.63, 3.8) is 0 Å². The van der Waals surface area contributed by atoms with Crippen molar-refractivity contribution in [2.75, 3.05) is 0 Å². The van der Waals surface area contributed by atoms with E-state index in [0.29, 0.717) is 0 Å². The van der Waals surface area contributed by atoms with Crippen LogP contribution in [0, 0.1) is 0 Å². The van der Waals surface area contributed by atoms with Gasteiger partial charge in [-0.2, -0.15) is 0 Å². The fourth-order valence-corrected chi connectivity index (χ4v) is 3.24. The zero-order valence-electron chi connectivity index (χ0n) is 13.9. The lowest BCUT2D eigenvalue weighted by Gasteiger charge is -2.12. The molecule has 0 amide bonds. The number of nitrogens with zero attached hydrogens (tertiary/aromatic N) is 4. The molecule has 0 aliphatic heterocycles. The number of rotatable bonds is 2. The van der Waals surface area contributed by atoms with Gasteiger partial charge in [-0.15, -0.1) is 0 Å². The fraction of sp³-hybridized carbons (Fsp3) is 0. The van der Waals surface area contributed by atoms with Crippen LogP contribution in [0.5, 0.6) is 0 Å². The van der Waals surface area contributed by atoms with Crippen LogP contribution in [-0.2, 0) is 0 Å². The van der Waals surface area contributed by atoms with Gasteiger partial charge in [-0.05, 0) is 17.5 Å². The van der Waals surface area contributed by atoms with Crippen molar-refractivity contribution < 1.29 is 0 Å². The Labute approximate surface area is 150 Å². The van der Waals surface area contributed by atoms with E-state index in [4.69, 9.17) is 9.97 Å². The van der Waals surface area contributed by atoms with Crippen LogP contribution in [0.25, 0.3) is 44.3 Å². The third-order valence-corrected chi connectivity index (χ3v) is 4.46. The summed E-state index contributed by atoms with van der Waals surface area (Å²) in [5.74, 6) is 0. The number of para-hydroxylation sites is 1. The average molecular weight is 334 g/mol. The Morgan fingerprint density at radius 1 is 0.615 bits per heavy atom. The van der Waals surface area contributed by atoms with Crippen molar-refractivity contribution in [1.29, 1.82) is 0 Å². The van der Waals surface area contributed by atoms with E-state index in [-0.39, 0.29) is 0 Å². The Hall–Kier alpha value is -3.66. The highest BCUT2D eigenvalue weighted by atomic mass is 14.8. The van der Waals surface area contributed by atoms with Crippen LogP contribution in [0.3, 0.4) is 0 Å². The number of benzene rings is 2. The molecule has 26 heavy (non-hydrogen) atoms. The van der Waals surface area contributed by atoms with Gasteiger partial charge in [0.05, 0.1) is 28.8 Å². The molecule has 122 valence electrons. The highest BCUT2D eigenvalue weighted by Gasteiger charge is 2.15. The summed E-state index contributed by atoms with van der Waals surface area (Å²) in [6, 6.07) is 20.4. The standard InChI is InChI=1S/C22H14N4/c1-3-7-17-16(6-1)13-25-22(21(17)20-14-23-11-12-24-20)19-10-9-15-5-2-4-8-18(15)26-19/h1-14H.